The van der Waals surface area contributed by atoms with Crippen LogP contribution in [-0.4, -0.2) is 54.1 Å². The predicted molar refractivity (Wildman–Crippen MR) is 105 cm³/mol. The zero-order valence-corrected chi connectivity index (χ0v) is 15.4. The van der Waals surface area contributed by atoms with Crippen LogP contribution in [0.5, 0.6) is 0 Å². The van der Waals surface area contributed by atoms with Gasteiger partial charge in [-0.2, -0.15) is 4.98 Å². The summed E-state index contributed by atoms with van der Waals surface area (Å²) in [4.78, 5) is 14.4. The predicted octanol–water partition coefficient (Wildman–Crippen LogP) is 3.50. The molecule has 1 aliphatic rings. The van der Waals surface area contributed by atoms with E-state index in [0.29, 0.717) is 0 Å². The fourth-order valence-electron chi connectivity index (χ4n) is 3.10. The molecule has 25 heavy (non-hydrogen) atoms. The minimum Gasteiger partial charge on any atom is -0.354 e. The summed E-state index contributed by atoms with van der Waals surface area (Å²) in [7, 11) is 0. The van der Waals surface area contributed by atoms with E-state index in [-0.39, 0.29) is 0 Å². The lowest BCUT2D eigenvalue weighted by Crippen LogP contribution is -2.46. The van der Waals surface area contributed by atoms with Crippen molar-refractivity contribution in [1.29, 1.82) is 0 Å². The van der Waals surface area contributed by atoms with Gasteiger partial charge in [0.15, 0.2) is 0 Å². The van der Waals surface area contributed by atoms with Crippen molar-refractivity contribution in [1.82, 2.24) is 14.9 Å². The number of likely N-dealkylation sites (N-methyl/N-ethyl adjacent to an activating group) is 1. The average molecular weight is 339 g/mol. The summed E-state index contributed by atoms with van der Waals surface area (Å²) >= 11 is 0. The van der Waals surface area contributed by atoms with Gasteiger partial charge in [-0.3, -0.25) is 0 Å². The molecule has 0 bridgehead atoms. The van der Waals surface area contributed by atoms with Crippen molar-refractivity contribution in [2.45, 2.75) is 26.7 Å². The van der Waals surface area contributed by atoms with Crippen LogP contribution in [0, 0.1) is 0 Å². The van der Waals surface area contributed by atoms with Crippen molar-refractivity contribution < 1.29 is 0 Å². The lowest BCUT2D eigenvalue weighted by atomic mass is 10.1. The van der Waals surface area contributed by atoms with Crippen LogP contribution in [0.2, 0.25) is 0 Å². The number of nitrogens with zero attached hydrogens (tertiary/aromatic N) is 4. The highest BCUT2D eigenvalue weighted by atomic mass is 15.3. The molecule has 2 aromatic rings. The van der Waals surface area contributed by atoms with Crippen molar-refractivity contribution in [3.8, 4) is 11.3 Å². The molecule has 0 amide bonds. The third kappa shape index (κ3) is 4.69. The lowest BCUT2D eigenvalue weighted by Gasteiger charge is -2.35. The van der Waals surface area contributed by atoms with E-state index in [1.54, 1.807) is 0 Å². The molecule has 5 nitrogen and oxygen atoms in total. The van der Waals surface area contributed by atoms with Gasteiger partial charge in [0.1, 0.15) is 5.82 Å². The summed E-state index contributed by atoms with van der Waals surface area (Å²) in [6, 6.07) is 12.5. The number of piperazine rings is 1. The van der Waals surface area contributed by atoms with Crippen molar-refractivity contribution in [3.63, 3.8) is 0 Å². The van der Waals surface area contributed by atoms with Gasteiger partial charge in [0, 0.05) is 44.4 Å². The Morgan fingerprint density at radius 3 is 2.44 bits per heavy atom. The fraction of sp³-hybridized carbons (Fsp3) is 0.500. The summed E-state index contributed by atoms with van der Waals surface area (Å²) in [5.41, 5.74) is 2.12. The molecule has 3 rings (SSSR count). The standard InChI is InChI=1S/C20H29N5/c1-3-5-11-21-20-22-18(17-9-7-6-8-10-17)16-19(23-20)25-14-12-24(4-2)13-15-25/h6-10,16H,3-5,11-15H2,1-2H3,(H,21,22,23). The summed E-state index contributed by atoms with van der Waals surface area (Å²) in [6.07, 6.45) is 2.29. The van der Waals surface area contributed by atoms with Gasteiger partial charge in [-0.25, -0.2) is 4.98 Å². The van der Waals surface area contributed by atoms with E-state index < -0.39 is 0 Å². The Morgan fingerprint density at radius 2 is 1.76 bits per heavy atom. The summed E-state index contributed by atoms with van der Waals surface area (Å²) < 4.78 is 0. The Morgan fingerprint density at radius 1 is 1.00 bits per heavy atom. The number of benzene rings is 1. The summed E-state index contributed by atoms with van der Waals surface area (Å²) in [5, 5.41) is 3.40. The second kappa shape index (κ2) is 8.81. The highest BCUT2D eigenvalue weighted by Crippen LogP contribution is 2.24. The van der Waals surface area contributed by atoms with E-state index in [4.69, 9.17) is 9.97 Å². The van der Waals surface area contributed by atoms with Crippen LogP contribution >= 0.6 is 0 Å². The molecular formula is C20H29N5. The van der Waals surface area contributed by atoms with Crippen molar-refractivity contribution in [3.05, 3.63) is 36.4 Å². The molecule has 1 aromatic carbocycles. The Hall–Kier alpha value is -2.14. The van der Waals surface area contributed by atoms with Crippen LogP contribution in [0.3, 0.4) is 0 Å². The van der Waals surface area contributed by atoms with E-state index in [0.717, 1.165) is 75.1 Å². The van der Waals surface area contributed by atoms with Crippen LogP contribution in [0.15, 0.2) is 36.4 Å². The zero-order chi connectivity index (χ0) is 17.5. The first-order chi connectivity index (χ1) is 12.3. The number of unbranched alkanes of at least 4 members (excludes halogenated alkanes) is 1. The number of nitrogens with one attached hydrogen (secondary N) is 1. The third-order valence-corrected chi connectivity index (χ3v) is 4.74. The molecule has 0 spiro atoms. The Kier molecular flexibility index (Phi) is 6.23. The van der Waals surface area contributed by atoms with Gasteiger partial charge in [0.2, 0.25) is 5.95 Å². The van der Waals surface area contributed by atoms with Gasteiger partial charge >= 0.3 is 0 Å². The van der Waals surface area contributed by atoms with Crippen LogP contribution in [-0.2, 0) is 0 Å². The number of aromatic nitrogens is 2. The molecule has 0 unspecified atom stereocenters. The smallest absolute Gasteiger partial charge is 0.225 e. The number of anilines is 2. The zero-order valence-electron chi connectivity index (χ0n) is 15.4. The van der Waals surface area contributed by atoms with E-state index in [1.807, 2.05) is 6.07 Å². The Bertz CT molecular complexity index is 650. The minimum atomic E-state index is 0.739. The summed E-state index contributed by atoms with van der Waals surface area (Å²) in [6.45, 7) is 10.7. The number of hydrogen-bond donors (Lipinski definition) is 1. The van der Waals surface area contributed by atoms with E-state index in [9.17, 15) is 0 Å². The van der Waals surface area contributed by atoms with Gasteiger partial charge in [-0.1, -0.05) is 50.6 Å². The Balaban J connectivity index is 1.84. The van der Waals surface area contributed by atoms with E-state index in [1.165, 1.54) is 0 Å². The first-order valence-corrected chi connectivity index (χ1v) is 9.45. The molecule has 1 aliphatic heterocycles. The molecule has 0 saturated carbocycles. The second-order valence-corrected chi connectivity index (χ2v) is 6.50. The largest absolute Gasteiger partial charge is 0.354 e. The molecule has 0 aliphatic carbocycles. The maximum Gasteiger partial charge on any atom is 0.225 e. The van der Waals surface area contributed by atoms with Gasteiger partial charge in [-0.15, -0.1) is 0 Å². The molecule has 0 radical (unpaired) electrons. The van der Waals surface area contributed by atoms with Crippen molar-refractivity contribution in [2.75, 3.05) is 49.5 Å². The van der Waals surface area contributed by atoms with Gasteiger partial charge in [-0.05, 0) is 13.0 Å². The fourth-order valence-corrected chi connectivity index (χ4v) is 3.10. The molecule has 2 heterocycles. The average Bonchev–Trinajstić information content (AvgIpc) is 2.69. The monoisotopic (exact) mass is 339 g/mol. The molecule has 5 heteroatoms. The number of rotatable bonds is 7. The first kappa shape index (κ1) is 17.7. The van der Waals surface area contributed by atoms with Crippen molar-refractivity contribution in [2.24, 2.45) is 0 Å². The van der Waals surface area contributed by atoms with Crippen LogP contribution in [0.1, 0.15) is 26.7 Å². The maximum atomic E-state index is 4.79. The molecule has 0 atom stereocenters. The third-order valence-electron chi connectivity index (χ3n) is 4.74. The number of hydrogen-bond acceptors (Lipinski definition) is 5. The van der Waals surface area contributed by atoms with Gasteiger partial charge in [0.05, 0.1) is 5.69 Å². The lowest BCUT2D eigenvalue weighted by molar-refractivity contribution is 0.270. The van der Waals surface area contributed by atoms with Gasteiger partial charge in [0.25, 0.3) is 0 Å². The van der Waals surface area contributed by atoms with Crippen LogP contribution < -0.4 is 10.2 Å². The molecular weight excluding hydrogens is 310 g/mol. The highest BCUT2D eigenvalue weighted by molar-refractivity contribution is 5.64. The van der Waals surface area contributed by atoms with Gasteiger partial charge < -0.3 is 15.1 Å². The maximum absolute atomic E-state index is 4.79. The van der Waals surface area contributed by atoms with Crippen LogP contribution in [0.4, 0.5) is 11.8 Å². The normalized spacial score (nSPS) is 15.4. The topological polar surface area (TPSA) is 44.3 Å². The Labute approximate surface area is 151 Å². The first-order valence-electron chi connectivity index (χ1n) is 9.45. The quantitative estimate of drug-likeness (QED) is 0.782. The highest BCUT2D eigenvalue weighted by Gasteiger charge is 2.18. The molecule has 1 saturated heterocycles. The minimum absolute atomic E-state index is 0.739. The van der Waals surface area contributed by atoms with E-state index >= 15 is 0 Å². The SMILES string of the molecule is CCCCNc1nc(-c2ccccc2)cc(N2CCN(CC)CC2)n1. The van der Waals surface area contributed by atoms with E-state index in [2.05, 4.69) is 59.3 Å². The molecule has 1 fully saturated rings. The molecule has 1 aromatic heterocycles. The second-order valence-electron chi connectivity index (χ2n) is 6.50. The molecule has 1 N–H and O–H groups in total. The van der Waals surface area contributed by atoms with Crippen molar-refractivity contribution >= 4 is 11.8 Å². The van der Waals surface area contributed by atoms with Crippen LogP contribution in [0.25, 0.3) is 11.3 Å². The molecule has 134 valence electrons. The summed E-state index contributed by atoms with van der Waals surface area (Å²) in [5.74, 6) is 1.77.